The van der Waals surface area contributed by atoms with Crippen LogP contribution in [0.25, 0.3) is 16.9 Å². The minimum atomic E-state index is -0.440. The highest BCUT2D eigenvalue weighted by Gasteiger charge is 2.23. The third kappa shape index (κ3) is 5.17. The lowest BCUT2D eigenvalue weighted by Gasteiger charge is -2.14. The van der Waals surface area contributed by atoms with Gasteiger partial charge in [0.25, 0.3) is 5.91 Å². The maximum absolute atomic E-state index is 14.4. The van der Waals surface area contributed by atoms with Crippen LogP contribution >= 0.6 is 0 Å². The number of hydrogen-bond donors (Lipinski definition) is 2. The summed E-state index contributed by atoms with van der Waals surface area (Å²) in [4.78, 5) is 33.0. The number of nitrogens with zero attached hydrogens (tertiary/aromatic N) is 4. The van der Waals surface area contributed by atoms with Gasteiger partial charge in [-0.3, -0.25) is 14.6 Å². The Hall–Kier alpha value is -4.34. The van der Waals surface area contributed by atoms with Crippen molar-refractivity contribution in [3.05, 3.63) is 71.4 Å². The molecule has 3 heterocycles. The van der Waals surface area contributed by atoms with Crippen molar-refractivity contribution in [2.45, 2.75) is 33.2 Å². The van der Waals surface area contributed by atoms with E-state index in [9.17, 15) is 14.0 Å². The molecule has 4 aromatic rings. The Balaban J connectivity index is 1.34. The number of amides is 2. The number of rotatable bonds is 8. The molecule has 0 spiro atoms. The minimum Gasteiger partial charge on any atom is -0.490 e. The molecule has 1 aliphatic carbocycles. The molecule has 184 valence electrons. The van der Waals surface area contributed by atoms with Crippen LogP contribution in [0.15, 0.2) is 48.8 Å². The summed E-state index contributed by atoms with van der Waals surface area (Å²) in [5.74, 6) is 0.0603. The second-order valence-electron chi connectivity index (χ2n) is 8.85. The smallest absolute Gasteiger partial charge is 0.253 e. The van der Waals surface area contributed by atoms with Crippen LogP contribution in [0.3, 0.4) is 0 Å². The molecule has 0 aliphatic heterocycles. The molecule has 3 aromatic heterocycles. The second kappa shape index (κ2) is 9.73. The van der Waals surface area contributed by atoms with E-state index in [-0.39, 0.29) is 24.1 Å². The summed E-state index contributed by atoms with van der Waals surface area (Å²) in [7, 11) is 0. The van der Waals surface area contributed by atoms with Gasteiger partial charge >= 0.3 is 0 Å². The molecular weight excluding hydrogens is 463 g/mol. The zero-order chi connectivity index (χ0) is 25.2. The maximum atomic E-state index is 14.4. The van der Waals surface area contributed by atoms with Crippen molar-refractivity contribution in [1.29, 1.82) is 0 Å². The van der Waals surface area contributed by atoms with Gasteiger partial charge in [0, 0.05) is 30.8 Å². The van der Waals surface area contributed by atoms with Crippen LogP contribution < -0.4 is 15.4 Å². The molecule has 0 radical (unpaired) electrons. The van der Waals surface area contributed by atoms with Gasteiger partial charge < -0.3 is 15.4 Å². The summed E-state index contributed by atoms with van der Waals surface area (Å²) in [6, 6.07) is 9.95. The molecular formula is C26H25FN6O3. The molecule has 1 aromatic carbocycles. The SMILES string of the molecule is CC(=O)Nc1cn2nc(-c3cnc(C)c(C(=O)NCc4cccc(F)c4OCC4CC4)c3)ccc2n1. The molecule has 2 N–H and O–H groups in total. The molecule has 0 unspecified atom stereocenters. The Kier molecular flexibility index (Phi) is 6.32. The van der Waals surface area contributed by atoms with Crippen LogP contribution in [0.4, 0.5) is 10.2 Å². The number of carbonyl (C=O) groups excluding carboxylic acids is 2. The predicted molar refractivity (Wildman–Crippen MR) is 131 cm³/mol. The number of halogens is 1. The number of hydrogen-bond acceptors (Lipinski definition) is 6. The molecule has 0 atom stereocenters. The third-order valence-corrected chi connectivity index (χ3v) is 5.90. The van der Waals surface area contributed by atoms with Crippen LogP contribution in [0, 0.1) is 18.7 Å². The Morgan fingerprint density at radius 2 is 2.06 bits per heavy atom. The lowest BCUT2D eigenvalue weighted by atomic mass is 10.1. The standard InChI is InChI=1S/C26H25FN6O3/c1-15-20(26(35)29-11-18-4-3-5-21(27)25(18)36-14-17-6-7-17)10-19(12-28-15)22-8-9-24-31-23(30-16(2)34)13-33(24)32-22/h3-5,8-10,12-13,17H,6-7,11,14H2,1-2H3,(H,29,35)(H,30,34). The first-order valence-electron chi connectivity index (χ1n) is 11.7. The molecule has 10 heteroatoms. The first-order chi connectivity index (χ1) is 17.4. The number of nitrogens with one attached hydrogen (secondary N) is 2. The number of benzene rings is 1. The predicted octanol–water partition coefficient (Wildman–Crippen LogP) is 3.92. The Labute approximate surface area is 206 Å². The number of anilines is 1. The van der Waals surface area contributed by atoms with Gasteiger partial charge in [-0.2, -0.15) is 5.10 Å². The molecule has 36 heavy (non-hydrogen) atoms. The summed E-state index contributed by atoms with van der Waals surface area (Å²) < 4.78 is 21.6. The largest absolute Gasteiger partial charge is 0.490 e. The monoisotopic (exact) mass is 488 g/mol. The van der Waals surface area contributed by atoms with Crippen LogP contribution in [-0.2, 0) is 11.3 Å². The normalized spacial score (nSPS) is 13.0. The molecule has 1 fully saturated rings. The van der Waals surface area contributed by atoms with Crippen molar-refractivity contribution < 1.29 is 18.7 Å². The summed E-state index contributed by atoms with van der Waals surface area (Å²) in [6.45, 7) is 3.75. The topological polar surface area (TPSA) is 111 Å². The van der Waals surface area contributed by atoms with Gasteiger partial charge in [-0.1, -0.05) is 12.1 Å². The highest BCUT2D eigenvalue weighted by molar-refractivity contribution is 5.96. The number of para-hydroxylation sites is 1. The van der Waals surface area contributed by atoms with Crippen molar-refractivity contribution in [3.63, 3.8) is 0 Å². The zero-order valence-corrected chi connectivity index (χ0v) is 19.9. The first kappa shape index (κ1) is 23.4. The van der Waals surface area contributed by atoms with Gasteiger partial charge in [0.1, 0.15) is 0 Å². The number of pyridine rings is 1. The van der Waals surface area contributed by atoms with Gasteiger partial charge in [0.15, 0.2) is 23.0 Å². The van der Waals surface area contributed by atoms with E-state index in [4.69, 9.17) is 4.74 Å². The Bertz CT molecular complexity index is 1460. The number of aromatic nitrogens is 4. The highest BCUT2D eigenvalue weighted by atomic mass is 19.1. The summed E-state index contributed by atoms with van der Waals surface area (Å²) in [6.07, 6.45) is 5.45. The number of imidazole rings is 1. The van der Waals surface area contributed by atoms with Gasteiger partial charge in [-0.15, -0.1) is 0 Å². The van der Waals surface area contributed by atoms with Crippen LogP contribution in [0.1, 0.15) is 41.4 Å². The molecule has 0 bridgehead atoms. The van der Waals surface area contributed by atoms with Gasteiger partial charge in [-0.05, 0) is 49.9 Å². The molecule has 1 aliphatic rings. The number of fused-ring (bicyclic) bond motifs is 1. The fourth-order valence-electron chi connectivity index (χ4n) is 3.79. The summed E-state index contributed by atoms with van der Waals surface area (Å²) in [5, 5.41) is 10.0. The molecule has 2 amide bonds. The van der Waals surface area contributed by atoms with Crippen LogP contribution in [0.2, 0.25) is 0 Å². The van der Waals surface area contributed by atoms with Crippen LogP contribution in [-0.4, -0.2) is 38.0 Å². The molecule has 0 saturated heterocycles. The Morgan fingerprint density at radius 1 is 1.22 bits per heavy atom. The quantitative estimate of drug-likeness (QED) is 0.389. The van der Waals surface area contributed by atoms with E-state index in [1.165, 1.54) is 13.0 Å². The lowest BCUT2D eigenvalue weighted by molar-refractivity contribution is -0.114. The minimum absolute atomic E-state index is 0.117. The average molecular weight is 489 g/mol. The molecule has 9 nitrogen and oxygen atoms in total. The second-order valence-corrected chi connectivity index (χ2v) is 8.85. The maximum Gasteiger partial charge on any atom is 0.253 e. The van der Waals surface area contributed by atoms with Gasteiger partial charge in [0.05, 0.1) is 29.8 Å². The van der Waals surface area contributed by atoms with E-state index in [0.29, 0.717) is 52.1 Å². The van der Waals surface area contributed by atoms with Crippen molar-refractivity contribution in [2.24, 2.45) is 5.92 Å². The van der Waals surface area contributed by atoms with Gasteiger partial charge in [-0.25, -0.2) is 13.9 Å². The van der Waals surface area contributed by atoms with E-state index in [0.717, 1.165) is 12.8 Å². The van der Waals surface area contributed by atoms with Crippen molar-refractivity contribution in [3.8, 4) is 17.0 Å². The molecule has 5 rings (SSSR count). The van der Waals surface area contributed by atoms with E-state index < -0.39 is 5.82 Å². The van der Waals surface area contributed by atoms with E-state index >= 15 is 0 Å². The molecule has 1 saturated carbocycles. The first-order valence-corrected chi connectivity index (χ1v) is 11.7. The fourth-order valence-corrected chi connectivity index (χ4v) is 3.79. The fraction of sp³-hybridized carbons (Fsp3) is 0.269. The Morgan fingerprint density at radius 3 is 2.83 bits per heavy atom. The van der Waals surface area contributed by atoms with Crippen molar-refractivity contribution in [1.82, 2.24) is 24.9 Å². The van der Waals surface area contributed by atoms with Crippen molar-refractivity contribution in [2.75, 3.05) is 11.9 Å². The van der Waals surface area contributed by atoms with E-state index in [1.54, 1.807) is 54.2 Å². The zero-order valence-electron chi connectivity index (χ0n) is 19.9. The lowest BCUT2D eigenvalue weighted by Crippen LogP contribution is -2.24. The van der Waals surface area contributed by atoms with Crippen molar-refractivity contribution >= 4 is 23.3 Å². The number of aryl methyl sites for hydroxylation is 1. The summed E-state index contributed by atoms with van der Waals surface area (Å²) in [5.41, 5.74) is 3.30. The summed E-state index contributed by atoms with van der Waals surface area (Å²) >= 11 is 0. The van der Waals surface area contributed by atoms with E-state index in [1.807, 2.05) is 0 Å². The highest BCUT2D eigenvalue weighted by Crippen LogP contribution is 2.31. The third-order valence-electron chi connectivity index (χ3n) is 5.90. The van der Waals surface area contributed by atoms with Gasteiger partial charge in [0.2, 0.25) is 5.91 Å². The number of ether oxygens (including phenoxy) is 1. The average Bonchev–Trinajstić information content (AvgIpc) is 3.59. The van der Waals surface area contributed by atoms with E-state index in [2.05, 4.69) is 25.7 Å². The van der Waals surface area contributed by atoms with Crippen LogP contribution in [0.5, 0.6) is 5.75 Å². The number of carbonyl (C=O) groups is 2.